The summed E-state index contributed by atoms with van der Waals surface area (Å²) in [7, 11) is 1.40. The van der Waals surface area contributed by atoms with Gasteiger partial charge in [0.05, 0.1) is 13.2 Å². The van der Waals surface area contributed by atoms with E-state index >= 15 is 0 Å². The molecule has 1 aliphatic rings. The Morgan fingerprint density at radius 2 is 1.41 bits per heavy atom. The first-order valence-electron chi connectivity index (χ1n) is 10.6. The van der Waals surface area contributed by atoms with E-state index in [4.69, 9.17) is 0 Å². The fourth-order valence-electron chi connectivity index (χ4n) is 4.24. The van der Waals surface area contributed by atoms with Gasteiger partial charge in [0.1, 0.15) is 5.78 Å². The van der Waals surface area contributed by atoms with Gasteiger partial charge in [-0.25, -0.2) is 0 Å². The zero-order valence-electron chi connectivity index (χ0n) is 17.3. The van der Waals surface area contributed by atoms with E-state index in [2.05, 4.69) is 70.3 Å². The number of unbranched alkanes of at least 4 members (excludes halogenated alkanes) is 1. The van der Waals surface area contributed by atoms with E-state index in [1.807, 2.05) is 0 Å². The van der Waals surface area contributed by atoms with E-state index in [0.717, 1.165) is 38.8 Å². The van der Waals surface area contributed by atoms with Crippen molar-refractivity contribution in [1.29, 1.82) is 0 Å². The quantitative estimate of drug-likeness (QED) is 0.454. The topological polar surface area (TPSA) is 46.6 Å². The third kappa shape index (κ3) is 6.01. The Hall–Kier alpha value is -2.46. The van der Waals surface area contributed by atoms with Crippen molar-refractivity contribution in [3.63, 3.8) is 0 Å². The van der Waals surface area contributed by atoms with Gasteiger partial charge < -0.3 is 4.74 Å². The summed E-state index contributed by atoms with van der Waals surface area (Å²) in [5, 5.41) is 0. The smallest absolute Gasteiger partial charge is 0.305 e. The maximum atomic E-state index is 12.6. The number of rotatable bonds is 9. The summed E-state index contributed by atoms with van der Waals surface area (Å²) in [6.07, 6.45) is 4.28. The molecule has 0 saturated carbocycles. The van der Waals surface area contributed by atoms with Crippen LogP contribution >= 0.6 is 0 Å². The molecular formula is C25H31NO3. The molecule has 0 unspecified atom stereocenters. The lowest BCUT2D eigenvalue weighted by Crippen LogP contribution is -2.39. The number of nitrogens with zero attached hydrogens (tertiary/aromatic N) is 1. The number of ether oxygens (including phenoxy) is 1. The van der Waals surface area contributed by atoms with E-state index < -0.39 is 0 Å². The van der Waals surface area contributed by atoms with Crippen LogP contribution in [0.1, 0.15) is 55.7 Å². The average Bonchev–Trinajstić information content (AvgIpc) is 2.78. The number of hydrogen-bond acceptors (Lipinski definition) is 4. The fourth-order valence-corrected chi connectivity index (χ4v) is 4.24. The summed E-state index contributed by atoms with van der Waals surface area (Å²) in [5.74, 6) is 0.306. The minimum atomic E-state index is -0.196. The van der Waals surface area contributed by atoms with Crippen molar-refractivity contribution >= 4 is 11.8 Å². The summed E-state index contributed by atoms with van der Waals surface area (Å²) < 4.78 is 4.65. The molecule has 0 atom stereocenters. The molecule has 2 aromatic rings. The molecule has 29 heavy (non-hydrogen) atoms. The SMILES string of the molecule is COC(=O)CCCCC(=O)C1CCN(C(c2ccccc2)c2ccccc2)CC1. The second-order valence-corrected chi connectivity index (χ2v) is 7.78. The van der Waals surface area contributed by atoms with Gasteiger partial charge in [-0.15, -0.1) is 0 Å². The molecule has 1 saturated heterocycles. The van der Waals surface area contributed by atoms with Gasteiger partial charge in [-0.3, -0.25) is 14.5 Å². The third-order valence-electron chi connectivity index (χ3n) is 5.86. The van der Waals surface area contributed by atoms with E-state index in [-0.39, 0.29) is 17.9 Å². The lowest BCUT2D eigenvalue weighted by molar-refractivity contribution is -0.140. The first kappa shape index (κ1) is 21.3. The van der Waals surface area contributed by atoms with Gasteiger partial charge in [0.25, 0.3) is 0 Å². The van der Waals surface area contributed by atoms with Crippen LogP contribution in [0.3, 0.4) is 0 Å². The molecule has 0 bridgehead atoms. The van der Waals surface area contributed by atoms with Crippen LogP contribution in [0.4, 0.5) is 0 Å². The van der Waals surface area contributed by atoms with Gasteiger partial charge in [0, 0.05) is 18.8 Å². The highest BCUT2D eigenvalue weighted by Crippen LogP contribution is 2.32. The molecule has 0 amide bonds. The first-order valence-corrected chi connectivity index (χ1v) is 10.6. The number of piperidine rings is 1. The average molecular weight is 394 g/mol. The van der Waals surface area contributed by atoms with Gasteiger partial charge >= 0.3 is 5.97 Å². The summed E-state index contributed by atoms with van der Waals surface area (Å²) in [4.78, 5) is 26.3. The minimum absolute atomic E-state index is 0.150. The highest BCUT2D eigenvalue weighted by molar-refractivity contribution is 5.81. The highest BCUT2D eigenvalue weighted by atomic mass is 16.5. The van der Waals surface area contributed by atoms with E-state index in [9.17, 15) is 9.59 Å². The zero-order chi connectivity index (χ0) is 20.5. The Labute approximate surface area is 173 Å². The zero-order valence-corrected chi connectivity index (χ0v) is 17.3. The van der Waals surface area contributed by atoms with Gasteiger partial charge in [-0.1, -0.05) is 60.7 Å². The Kier molecular flexibility index (Phi) is 8.00. The van der Waals surface area contributed by atoms with Crippen molar-refractivity contribution < 1.29 is 14.3 Å². The van der Waals surface area contributed by atoms with Crippen LogP contribution in [-0.4, -0.2) is 36.9 Å². The number of likely N-dealkylation sites (tertiary alicyclic amines) is 1. The Morgan fingerprint density at radius 3 is 1.93 bits per heavy atom. The second kappa shape index (κ2) is 10.9. The molecule has 1 fully saturated rings. The molecule has 4 nitrogen and oxygen atoms in total. The number of esters is 1. The van der Waals surface area contributed by atoms with Crippen LogP contribution in [0.25, 0.3) is 0 Å². The standard InChI is InChI=1S/C25H31NO3/c1-29-24(28)15-9-8-14-23(27)20-16-18-26(19-17-20)25(21-10-4-2-5-11-21)22-12-6-3-7-13-22/h2-7,10-13,20,25H,8-9,14-19H2,1H3. The summed E-state index contributed by atoms with van der Waals surface area (Å²) in [5.41, 5.74) is 2.59. The van der Waals surface area contributed by atoms with Gasteiger partial charge in [-0.2, -0.15) is 0 Å². The summed E-state index contributed by atoms with van der Waals surface area (Å²) >= 11 is 0. The molecule has 4 heteroatoms. The predicted octanol–water partition coefficient (Wildman–Crippen LogP) is 4.79. The number of benzene rings is 2. The Balaban J connectivity index is 1.56. The van der Waals surface area contributed by atoms with Crippen molar-refractivity contribution in [3.8, 4) is 0 Å². The van der Waals surface area contributed by atoms with Crippen LogP contribution < -0.4 is 0 Å². The van der Waals surface area contributed by atoms with Gasteiger partial charge in [0.15, 0.2) is 0 Å². The number of Topliss-reactive ketones (excluding diaryl/α,β-unsaturated/α-hetero) is 1. The van der Waals surface area contributed by atoms with Crippen LogP contribution in [0.15, 0.2) is 60.7 Å². The van der Waals surface area contributed by atoms with Crippen molar-refractivity contribution in [3.05, 3.63) is 71.8 Å². The number of hydrogen-bond donors (Lipinski definition) is 0. The van der Waals surface area contributed by atoms with Crippen LogP contribution in [0.2, 0.25) is 0 Å². The molecule has 0 aromatic heterocycles. The van der Waals surface area contributed by atoms with E-state index in [1.54, 1.807) is 0 Å². The van der Waals surface area contributed by atoms with Gasteiger partial charge in [-0.05, 0) is 49.9 Å². The van der Waals surface area contributed by atoms with Crippen molar-refractivity contribution in [2.45, 2.75) is 44.6 Å². The molecule has 1 heterocycles. The molecule has 2 aromatic carbocycles. The Morgan fingerprint density at radius 1 is 0.897 bits per heavy atom. The number of methoxy groups -OCH3 is 1. The molecule has 3 rings (SSSR count). The lowest BCUT2D eigenvalue weighted by Gasteiger charge is -2.37. The third-order valence-corrected chi connectivity index (χ3v) is 5.86. The molecule has 0 radical (unpaired) electrons. The maximum absolute atomic E-state index is 12.6. The van der Waals surface area contributed by atoms with E-state index in [1.165, 1.54) is 18.2 Å². The summed E-state index contributed by atoms with van der Waals surface area (Å²) in [6.45, 7) is 1.85. The van der Waals surface area contributed by atoms with E-state index in [0.29, 0.717) is 18.6 Å². The molecular weight excluding hydrogens is 362 g/mol. The second-order valence-electron chi connectivity index (χ2n) is 7.78. The van der Waals surface area contributed by atoms with Gasteiger partial charge in [0.2, 0.25) is 0 Å². The normalized spacial score (nSPS) is 15.4. The first-order chi connectivity index (χ1) is 14.2. The monoisotopic (exact) mass is 393 g/mol. The van der Waals surface area contributed by atoms with Crippen LogP contribution in [-0.2, 0) is 14.3 Å². The van der Waals surface area contributed by atoms with Crippen molar-refractivity contribution in [1.82, 2.24) is 4.90 Å². The summed E-state index contributed by atoms with van der Waals surface area (Å²) in [6, 6.07) is 21.5. The molecule has 154 valence electrons. The Bertz CT molecular complexity index is 728. The number of ketones is 1. The minimum Gasteiger partial charge on any atom is -0.469 e. The molecule has 0 aliphatic carbocycles. The molecule has 0 N–H and O–H groups in total. The van der Waals surface area contributed by atoms with Crippen molar-refractivity contribution in [2.75, 3.05) is 20.2 Å². The maximum Gasteiger partial charge on any atom is 0.305 e. The fraction of sp³-hybridized carbons (Fsp3) is 0.440. The highest BCUT2D eigenvalue weighted by Gasteiger charge is 2.29. The molecule has 0 spiro atoms. The van der Waals surface area contributed by atoms with Crippen LogP contribution in [0.5, 0.6) is 0 Å². The predicted molar refractivity (Wildman–Crippen MR) is 115 cm³/mol. The largest absolute Gasteiger partial charge is 0.469 e. The molecule has 1 aliphatic heterocycles. The number of carbonyl (C=O) groups is 2. The number of carbonyl (C=O) groups excluding carboxylic acids is 2. The van der Waals surface area contributed by atoms with Crippen molar-refractivity contribution in [2.24, 2.45) is 5.92 Å². The lowest BCUT2D eigenvalue weighted by atomic mass is 9.87. The van der Waals surface area contributed by atoms with Crippen LogP contribution in [0, 0.1) is 5.92 Å².